The molecule has 2 aliphatic carbocycles. The number of fused-ring (bicyclic) bond motifs is 1. The van der Waals surface area contributed by atoms with Gasteiger partial charge < -0.3 is 23.9 Å². The van der Waals surface area contributed by atoms with Crippen molar-refractivity contribution in [3.8, 4) is 0 Å². The van der Waals surface area contributed by atoms with Gasteiger partial charge in [-0.1, -0.05) is 56.5 Å². The molecule has 228 valence electrons. The zero-order valence-electron chi connectivity index (χ0n) is 25.0. The number of rotatable bonds is 7. The lowest BCUT2D eigenvalue weighted by Crippen LogP contribution is -2.54. The number of hydrogen-bond acceptors (Lipinski definition) is 9. The van der Waals surface area contributed by atoms with Gasteiger partial charge in [0.2, 0.25) is 5.95 Å². The average Bonchev–Trinajstić information content (AvgIpc) is 3.59. The van der Waals surface area contributed by atoms with E-state index in [-0.39, 0.29) is 6.04 Å². The van der Waals surface area contributed by atoms with E-state index < -0.39 is 12.3 Å². The van der Waals surface area contributed by atoms with Crippen molar-refractivity contribution in [3.05, 3.63) is 41.7 Å². The summed E-state index contributed by atoms with van der Waals surface area (Å²) in [6.45, 7) is 6.27. The number of nitrogens with zero attached hydrogens (tertiary/aromatic N) is 6. The van der Waals surface area contributed by atoms with Gasteiger partial charge in [-0.15, -0.1) is 5.48 Å². The van der Waals surface area contributed by atoms with Crippen molar-refractivity contribution in [2.45, 2.75) is 83.1 Å². The Morgan fingerprint density at radius 3 is 2.49 bits per heavy atom. The maximum atomic E-state index is 11.9. The molecule has 3 aromatic rings. The molecule has 2 saturated carbocycles. The molecule has 11 heteroatoms. The van der Waals surface area contributed by atoms with Gasteiger partial charge in [-0.3, -0.25) is 5.32 Å². The standard InChI is InChI=1S/C32H42N8O3/c1-20-10-12-21(13-11-20)18-40-26-27(35-31(40)39-16-17-42-19-25(39)23-6-3-2-4-7-23)33-28(29-36-32(41)43-37-29)34-30(26)38-15-14-24(38)22-8-5-9-22/h2-4,6-7,20-22,24-25,29,37H,5,8-19H2,1H3,(H,36,41)/t20?,21?,24-,25+,29?/m1/s1. The number of hydroxylamine groups is 1. The minimum Gasteiger partial charge on any atom is -0.377 e. The number of morpholine rings is 1. The highest BCUT2D eigenvalue weighted by Gasteiger charge is 2.41. The lowest BCUT2D eigenvalue weighted by molar-refractivity contribution is 0.0927. The number of carbonyl (C=O) groups is 1. The zero-order chi connectivity index (χ0) is 28.9. The number of anilines is 2. The van der Waals surface area contributed by atoms with Gasteiger partial charge >= 0.3 is 6.09 Å². The Hall–Kier alpha value is -3.44. The summed E-state index contributed by atoms with van der Waals surface area (Å²) < 4.78 is 8.48. The molecule has 43 heavy (non-hydrogen) atoms. The minimum atomic E-state index is -0.618. The summed E-state index contributed by atoms with van der Waals surface area (Å²) in [5, 5.41) is 2.80. The number of hydrogen-bond donors (Lipinski definition) is 2. The maximum Gasteiger partial charge on any atom is 0.427 e. The highest BCUT2D eigenvalue weighted by Crippen LogP contribution is 2.43. The lowest BCUT2D eigenvalue weighted by atomic mass is 9.75. The van der Waals surface area contributed by atoms with Crippen LogP contribution >= 0.6 is 0 Å². The second-order valence-corrected chi connectivity index (χ2v) is 13.2. The quantitative estimate of drug-likeness (QED) is 0.401. The summed E-state index contributed by atoms with van der Waals surface area (Å²) >= 11 is 0. The van der Waals surface area contributed by atoms with Gasteiger partial charge in [-0.2, -0.15) is 4.98 Å². The molecular weight excluding hydrogens is 544 g/mol. The van der Waals surface area contributed by atoms with Crippen molar-refractivity contribution < 1.29 is 14.4 Å². The number of benzene rings is 1. The van der Waals surface area contributed by atoms with E-state index in [0.717, 1.165) is 42.8 Å². The van der Waals surface area contributed by atoms with Crippen molar-refractivity contribution >= 4 is 29.0 Å². The van der Waals surface area contributed by atoms with E-state index in [1.807, 2.05) is 0 Å². The Morgan fingerprint density at radius 2 is 1.79 bits per heavy atom. The largest absolute Gasteiger partial charge is 0.427 e. The first-order valence-corrected chi connectivity index (χ1v) is 16.3. The van der Waals surface area contributed by atoms with Crippen LogP contribution in [0.5, 0.6) is 0 Å². The molecule has 0 bridgehead atoms. The zero-order valence-corrected chi connectivity index (χ0v) is 25.0. The smallest absolute Gasteiger partial charge is 0.377 e. The topological polar surface area (TPSA) is 110 Å². The second-order valence-electron chi connectivity index (χ2n) is 13.2. The molecule has 0 radical (unpaired) electrons. The molecule has 0 spiro atoms. The number of amides is 1. The summed E-state index contributed by atoms with van der Waals surface area (Å²) in [5.41, 5.74) is 5.69. The number of carbonyl (C=O) groups excluding carboxylic acids is 1. The highest BCUT2D eigenvalue weighted by atomic mass is 16.7. The first kappa shape index (κ1) is 27.1. The van der Waals surface area contributed by atoms with Crippen LogP contribution in [0.4, 0.5) is 16.6 Å². The van der Waals surface area contributed by atoms with E-state index >= 15 is 0 Å². The van der Waals surface area contributed by atoms with Gasteiger partial charge in [0.1, 0.15) is 5.52 Å². The normalized spacial score (nSPS) is 29.7. The summed E-state index contributed by atoms with van der Waals surface area (Å²) in [6, 6.07) is 11.2. The van der Waals surface area contributed by atoms with Crippen LogP contribution in [0, 0.1) is 17.8 Å². The number of imidazole rings is 1. The third-order valence-electron chi connectivity index (χ3n) is 10.5. The van der Waals surface area contributed by atoms with Gasteiger partial charge in [-0.05, 0) is 55.4 Å². The lowest BCUT2D eigenvalue weighted by Gasteiger charge is -2.49. The van der Waals surface area contributed by atoms with Crippen LogP contribution in [-0.2, 0) is 16.1 Å². The Balaban J connectivity index is 1.27. The first-order chi connectivity index (χ1) is 21.1. The van der Waals surface area contributed by atoms with Gasteiger partial charge in [0.05, 0.1) is 19.3 Å². The third-order valence-corrected chi connectivity index (χ3v) is 10.5. The molecule has 3 atom stereocenters. The molecule has 11 nitrogen and oxygen atoms in total. The molecule has 8 rings (SSSR count). The summed E-state index contributed by atoms with van der Waals surface area (Å²) in [4.78, 5) is 37.4. The van der Waals surface area contributed by atoms with E-state index in [9.17, 15) is 4.79 Å². The van der Waals surface area contributed by atoms with E-state index in [1.165, 1.54) is 56.9 Å². The van der Waals surface area contributed by atoms with Gasteiger partial charge in [0, 0.05) is 25.7 Å². The van der Waals surface area contributed by atoms with Gasteiger partial charge in [0.15, 0.2) is 23.5 Å². The van der Waals surface area contributed by atoms with Crippen molar-refractivity contribution in [2.24, 2.45) is 17.8 Å². The van der Waals surface area contributed by atoms with Crippen LogP contribution < -0.4 is 20.6 Å². The molecular formula is C32H42N8O3. The summed E-state index contributed by atoms with van der Waals surface area (Å²) in [7, 11) is 0. The molecule has 1 unspecified atom stereocenters. The fraction of sp³-hybridized carbons (Fsp3) is 0.625. The Bertz CT molecular complexity index is 1470. The highest BCUT2D eigenvalue weighted by molar-refractivity contribution is 5.87. The van der Waals surface area contributed by atoms with E-state index in [4.69, 9.17) is 24.5 Å². The van der Waals surface area contributed by atoms with E-state index in [1.54, 1.807) is 0 Å². The van der Waals surface area contributed by atoms with Crippen LogP contribution in [0.15, 0.2) is 30.3 Å². The molecule has 1 aromatic carbocycles. The molecule has 2 aromatic heterocycles. The SMILES string of the molecule is CC1CCC(Cn2c(N3CCOC[C@H]3c3ccccc3)nc3nc(C4NOC(=O)N4)nc(N4CC[C@@H]4C4CCC4)c32)CC1. The number of nitrogens with one attached hydrogen (secondary N) is 2. The second kappa shape index (κ2) is 11.2. The van der Waals surface area contributed by atoms with Gasteiger partial charge in [0.25, 0.3) is 0 Å². The molecule has 5 fully saturated rings. The van der Waals surface area contributed by atoms with E-state index in [2.05, 4.69) is 62.4 Å². The Morgan fingerprint density at radius 1 is 0.953 bits per heavy atom. The summed E-state index contributed by atoms with van der Waals surface area (Å²) in [5.74, 6) is 4.46. The fourth-order valence-corrected chi connectivity index (χ4v) is 7.70. The van der Waals surface area contributed by atoms with Crippen molar-refractivity contribution in [2.75, 3.05) is 36.1 Å². The van der Waals surface area contributed by atoms with Crippen LogP contribution in [0.25, 0.3) is 11.2 Å². The van der Waals surface area contributed by atoms with Crippen molar-refractivity contribution in [3.63, 3.8) is 0 Å². The van der Waals surface area contributed by atoms with Crippen molar-refractivity contribution in [1.29, 1.82) is 0 Å². The molecule has 2 N–H and O–H groups in total. The fourth-order valence-electron chi connectivity index (χ4n) is 7.70. The first-order valence-electron chi connectivity index (χ1n) is 16.3. The average molecular weight is 587 g/mol. The van der Waals surface area contributed by atoms with Crippen LogP contribution in [0.3, 0.4) is 0 Å². The molecule has 3 saturated heterocycles. The maximum absolute atomic E-state index is 11.9. The van der Waals surface area contributed by atoms with Crippen LogP contribution in [0.1, 0.15) is 81.9 Å². The molecule has 5 aliphatic rings. The molecule has 1 amide bonds. The minimum absolute atomic E-state index is 0.0590. The van der Waals surface area contributed by atoms with Gasteiger partial charge in [-0.25, -0.2) is 14.8 Å². The number of aromatic nitrogens is 4. The van der Waals surface area contributed by atoms with E-state index in [0.29, 0.717) is 42.6 Å². The third kappa shape index (κ3) is 5.00. The van der Waals surface area contributed by atoms with Crippen molar-refractivity contribution in [1.82, 2.24) is 30.3 Å². The number of ether oxygens (including phenoxy) is 1. The predicted octanol–water partition coefficient (Wildman–Crippen LogP) is 4.85. The molecule has 3 aliphatic heterocycles. The monoisotopic (exact) mass is 586 g/mol. The Labute approximate surface area is 252 Å². The molecule has 5 heterocycles. The Kier molecular flexibility index (Phi) is 7.09. The predicted molar refractivity (Wildman–Crippen MR) is 162 cm³/mol. The van der Waals surface area contributed by atoms with Crippen LogP contribution in [0.2, 0.25) is 0 Å². The summed E-state index contributed by atoms with van der Waals surface area (Å²) in [6.07, 6.45) is 8.92. The van der Waals surface area contributed by atoms with Crippen LogP contribution in [-0.4, -0.2) is 58.0 Å².